The van der Waals surface area contributed by atoms with E-state index in [1.54, 1.807) is 12.1 Å². The third-order valence-electron chi connectivity index (χ3n) is 1.70. The van der Waals surface area contributed by atoms with Gasteiger partial charge >= 0.3 is 0 Å². The van der Waals surface area contributed by atoms with Crippen LogP contribution in [0.4, 0.5) is 0 Å². The molecule has 0 saturated heterocycles. The summed E-state index contributed by atoms with van der Waals surface area (Å²) in [7, 11) is 1.86. The first-order valence-electron chi connectivity index (χ1n) is 4.32. The van der Waals surface area contributed by atoms with E-state index < -0.39 is 0 Å². The monoisotopic (exact) mass is 178 g/mol. The number of amides is 1. The van der Waals surface area contributed by atoms with Gasteiger partial charge in [0.1, 0.15) is 0 Å². The number of hydrogen-bond acceptors (Lipinski definition) is 2. The molecule has 0 radical (unpaired) electrons. The summed E-state index contributed by atoms with van der Waals surface area (Å²) in [5.74, 6) is -0.0177. The summed E-state index contributed by atoms with van der Waals surface area (Å²) in [5, 5.41) is 5.76. The number of carbonyl (C=O) groups excluding carboxylic acids is 1. The summed E-state index contributed by atoms with van der Waals surface area (Å²) < 4.78 is 0. The lowest BCUT2D eigenvalue weighted by molar-refractivity contribution is 0.0954. The molecule has 0 aliphatic rings. The molecule has 1 aromatic carbocycles. The Morgan fingerprint density at radius 2 is 1.92 bits per heavy atom. The summed E-state index contributed by atoms with van der Waals surface area (Å²) in [5.41, 5.74) is 0.707. The van der Waals surface area contributed by atoms with E-state index in [1.807, 2.05) is 25.2 Å². The molecule has 0 heterocycles. The van der Waals surface area contributed by atoms with E-state index in [-0.39, 0.29) is 5.91 Å². The van der Waals surface area contributed by atoms with Crippen molar-refractivity contribution >= 4 is 5.91 Å². The van der Waals surface area contributed by atoms with Crippen LogP contribution in [-0.2, 0) is 0 Å². The van der Waals surface area contributed by atoms with E-state index in [0.717, 1.165) is 6.54 Å². The minimum atomic E-state index is -0.0177. The molecule has 2 N–H and O–H groups in total. The summed E-state index contributed by atoms with van der Waals surface area (Å²) in [6.45, 7) is 1.45. The number of hydrogen-bond donors (Lipinski definition) is 2. The zero-order valence-electron chi connectivity index (χ0n) is 7.71. The molecule has 70 valence electrons. The number of rotatable bonds is 4. The molecule has 1 amide bonds. The van der Waals surface area contributed by atoms with Crippen molar-refractivity contribution in [3.05, 3.63) is 35.9 Å². The maximum absolute atomic E-state index is 11.4. The van der Waals surface area contributed by atoms with Crippen LogP contribution < -0.4 is 10.6 Å². The highest BCUT2D eigenvalue weighted by Gasteiger charge is 2.01. The molecule has 0 spiro atoms. The third kappa shape index (κ3) is 3.25. The van der Waals surface area contributed by atoms with Crippen LogP contribution in [0.25, 0.3) is 0 Å². The van der Waals surface area contributed by atoms with Crippen LogP contribution in [-0.4, -0.2) is 26.0 Å². The van der Waals surface area contributed by atoms with Crippen LogP contribution in [0.3, 0.4) is 0 Å². The summed E-state index contributed by atoms with van der Waals surface area (Å²) in [6, 6.07) is 9.20. The average Bonchev–Trinajstić information content (AvgIpc) is 2.19. The Kier molecular flexibility index (Phi) is 3.99. The Bertz CT molecular complexity index is 259. The van der Waals surface area contributed by atoms with Crippen LogP contribution in [0.1, 0.15) is 10.4 Å². The Morgan fingerprint density at radius 1 is 1.23 bits per heavy atom. The highest BCUT2D eigenvalue weighted by molar-refractivity contribution is 5.94. The second-order valence-electron chi connectivity index (χ2n) is 2.73. The molecule has 3 heteroatoms. The number of benzene rings is 1. The van der Waals surface area contributed by atoms with Gasteiger partial charge in [0, 0.05) is 18.7 Å². The van der Waals surface area contributed by atoms with Crippen LogP contribution in [0, 0.1) is 0 Å². The number of nitrogens with one attached hydrogen (secondary N) is 2. The van der Waals surface area contributed by atoms with E-state index in [1.165, 1.54) is 0 Å². The van der Waals surface area contributed by atoms with E-state index in [9.17, 15) is 4.79 Å². The molecule has 0 aromatic heterocycles. The van der Waals surface area contributed by atoms with Crippen molar-refractivity contribution in [3.8, 4) is 0 Å². The Balaban J connectivity index is 2.40. The molecule has 3 nitrogen and oxygen atoms in total. The molecule has 0 unspecified atom stereocenters. The van der Waals surface area contributed by atoms with Crippen LogP contribution in [0.2, 0.25) is 0 Å². The second-order valence-corrected chi connectivity index (χ2v) is 2.73. The molecule has 1 rings (SSSR count). The molecule has 13 heavy (non-hydrogen) atoms. The zero-order chi connectivity index (χ0) is 9.52. The average molecular weight is 178 g/mol. The predicted molar refractivity (Wildman–Crippen MR) is 52.7 cm³/mol. The van der Waals surface area contributed by atoms with Crippen LogP contribution >= 0.6 is 0 Å². The molecule has 0 saturated carbocycles. The van der Waals surface area contributed by atoms with Gasteiger partial charge in [-0.15, -0.1) is 0 Å². The van der Waals surface area contributed by atoms with Crippen LogP contribution in [0.15, 0.2) is 30.3 Å². The van der Waals surface area contributed by atoms with Gasteiger partial charge in [0.25, 0.3) is 5.91 Å². The summed E-state index contributed by atoms with van der Waals surface area (Å²) >= 11 is 0. The molecule has 1 aromatic rings. The summed E-state index contributed by atoms with van der Waals surface area (Å²) in [4.78, 5) is 11.4. The fraction of sp³-hybridized carbons (Fsp3) is 0.300. The lowest BCUT2D eigenvalue weighted by atomic mass is 10.2. The Labute approximate surface area is 78.2 Å². The van der Waals surface area contributed by atoms with Gasteiger partial charge in [0.05, 0.1) is 0 Å². The van der Waals surface area contributed by atoms with Crippen molar-refractivity contribution in [3.63, 3.8) is 0 Å². The number of likely N-dealkylation sites (N-methyl/N-ethyl adjacent to an activating group) is 1. The molecular formula is C10H14N2O. The lowest BCUT2D eigenvalue weighted by Crippen LogP contribution is -2.30. The quantitative estimate of drug-likeness (QED) is 0.664. The van der Waals surface area contributed by atoms with Gasteiger partial charge < -0.3 is 10.6 Å². The van der Waals surface area contributed by atoms with E-state index in [2.05, 4.69) is 10.6 Å². The fourth-order valence-electron chi connectivity index (χ4n) is 0.993. The zero-order valence-corrected chi connectivity index (χ0v) is 7.71. The van der Waals surface area contributed by atoms with Gasteiger partial charge in [0.2, 0.25) is 0 Å². The lowest BCUT2D eigenvalue weighted by Gasteiger charge is -2.03. The first kappa shape index (κ1) is 9.74. The van der Waals surface area contributed by atoms with Crippen molar-refractivity contribution in [2.45, 2.75) is 0 Å². The van der Waals surface area contributed by atoms with Gasteiger partial charge in [-0.1, -0.05) is 18.2 Å². The highest BCUT2D eigenvalue weighted by Crippen LogP contribution is 1.96. The molecule has 0 aliphatic carbocycles. The smallest absolute Gasteiger partial charge is 0.251 e. The van der Waals surface area contributed by atoms with Gasteiger partial charge in [-0.05, 0) is 19.2 Å². The first-order valence-corrected chi connectivity index (χ1v) is 4.32. The van der Waals surface area contributed by atoms with Crippen molar-refractivity contribution in [1.29, 1.82) is 0 Å². The highest BCUT2D eigenvalue weighted by atomic mass is 16.1. The Morgan fingerprint density at radius 3 is 2.54 bits per heavy atom. The maximum Gasteiger partial charge on any atom is 0.251 e. The molecule has 0 aliphatic heterocycles. The molecule has 0 atom stereocenters. The largest absolute Gasteiger partial charge is 0.351 e. The van der Waals surface area contributed by atoms with Crippen molar-refractivity contribution in [2.75, 3.05) is 20.1 Å². The minimum absolute atomic E-state index is 0.0177. The van der Waals surface area contributed by atoms with E-state index in [4.69, 9.17) is 0 Å². The maximum atomic E-state index is 11.4. The SMILES string of the molecule is CNCCNC(=O)c1ccccc1. The second kappa shape index (κ2) is 5.32. The normalized spacial score (nSPS) is 9.62. The van der Waals surface area contributed by atoms with Gasteiger partial charge in [-0.2, -0.15) is 0 Å². The first-order chi connectivity index (χ1) is 6.34. The predicted octanol–water partition coefficient (Wildman–Crippen LogP) is 0.636. The standard InChI is InChI=1S/C10H14N2O/c1-11-7-8-12-10(13)9-5-3-2-4-6-9/h2-6,11H,7-8H2,1H3,(H,12,13). The van der Waals surface area contributed by atoms with E-state index >= 15 is 0 Å². The van der Waals surface area contributed by atoms with Gasteiger partial charge in [0.15, 0.2) is 0 Å². The fourth-order valence-corrected chi connectivity index (χ4v) is 0.993. The number of carbonyl (C=O) groups is 1. The van der Waals surface area contributed by atoms with E-state index in [0.29, 0.717) is 12.1 Å². The molecule has 0 bridgehead atoms. The minimum Gasteiger partial charge on any atom is -0.351 e. The van der Waals surface area contributed by atoms with Crippen molar-refractivity contribution in [1.82, 2.24) is 10.6 Å². The van der Waals surface area contributed by atoms with Gasteiger partial charge in [-0.3, -0.25) is 4.79 Å². The van der Waals surface area contributed by atoms with Crippen LogP contribution in [0.5, 0.6) is 0 Å². The molecule has 0 fully saturated rings. The van der Waals surface area contributed by atoms with Crippen molar-refractivity contribution in [2.24, 2.45) is 0 Å². The Hall–Kier alpha value is -1.35. The van der Waals surface area contributed by atoms with Crippen molar-refractivity contribution < 1.29 is 4.79 Å². The molecular weight excluding hydrogens is 164 g/mol. The summed E-state index contributed by atoms with van der Waals surface area (Å²) in [6.07, 6.45) is 0. The third-order valence-corrected chi connectivity index (χ3v) is 1.70. The van der Waals surface area contributed by atoms with Gasteiger partial charge in [-0.25, -0.2) is 0 Å². The topological polar surface area (TPSA) is 41.1 Å².